The first-order valence-corrected chi connectivity index (χ1v) is 7.65. The van der Waals surface area contributed by atoms with Crippen LogP contribution in [0.15, 0.2) is 12.3 Å². The Morgan fingerprint density at radius 1 is 1.38 bits per heavy atom. The summed E-state index contributed by atoms with van der Waals surface area (Å²) in [6, 6.07) is 2.33. The van der Waals surface area contributed by atoms with Gasteiger partial charge in [0.1, 0.15) is 0 Å². The topological polar surface area (TPSA) is 74.5 Å². The lowest BCUT2D eigenvalue weighted by Gasteiger charge is -2.44. The number of piperazine rings is 1. The van der Waals surface area contributed by atoms with Crippen molar-refractivity contribution in [3.8, 4) is 0 Å². The summed E-state index contributed by atoms with van der Waals surface area (Å²) in [7, 11) is 0. The predicted octanol–water partition coefficient (Wildman–Crippen LogP) is 0.986. The SMILES string of the molecule is Cc1cc(NN)c(C(=O)N2CCN3CCCCC3C2)cn1. The Labute approximate surface area is 125 Å². The van der Waals surface area contributed by atoms with Crippen molar-refractivity contribution >= 4 is 11.6 Å². The number of hydrogen-bond donors (Lipinski definition) is 2. The van der Waals surface area contributed by atoms with Gasteiger partial charge in [0, 0.05) is 37.6 Å². The molecule has 0 spiro atoms. The number of hydrogen-bond acceptors (Lipinski definition) is 5. The normalized spacial score (nSPS) is 22.8. The van der Waals surface area contributed by atoms with Gasteiger partial charge in [0.15, 0.2) is 0 Å². The second kappa shape index (κ2) is 5.99. The van der Waals surface area contributed by atoms with Gasteiger partial charge in [0.05, 0.1) is 11.3 Å². The number of carbonyl (C=O) groups is 1. The number of nitrogens with one attached hydrogen (secondary N) is 1. The standard InChI is InChI=1S/C15H23N5O/c1-11-8-14(18-16)13(9-17-11)15(21)20-7-6-19-5-3-2-4-12(19)10-20/h8-9,12H,2-7,10,16H2,1H3,(H,17,18). The van der Waals surface area contributed by atoms with E-state index in [2.05, 4.69) is 15.3 Å². The van der Waals surface area contributed by atoms with Crippen LogP contribution in [0.3, 0.4) is 0 Å². The molecular formula is C15H23N5O. The zero-order valence-corrected chi connectivity index (χ0v) is 12.5. The third-order valence-electron chi connectivity index (χ3n) is 4.55. The smallest absolute Gasteiger partial charge is 0.257 e. The summed E-state index contributed by atoms with van der Waals surface area (Å²) in [4.78, 5) is 21.4. The van der Waals surface area contributed by atoms with Crippen LogP contribution in [0.2, 0.25) is 0 Å². The molecule has 0 bridgehead atoms. The van der Waals surface area contributed by atoms with E-state index >= 15 is 0 Å². The zero-order valence-electron chi connectivity index (χ0n) is 12.5. The summed E-state index contributed by atoms with van der Waals surface area (Å²) in [5.41, 5.74) is 4.67. The third kappa shape index (κ3) is 2.87. The first-order chi connectivity index (χ1) is 10.2. The molecule has 3 heterocycles. The van der Waals surface area contributed by atoms with E-state index in [-0.39, 0.29) is 5.91 Å². The van der Waals surface area contributed by atoms with Gasteiger partial charge in [-0.1, -0.05) is 6.42 Å². The number of fused-ring (bicyclic) bond motifs is 1. The predicted molar refractivity (Wildman–Crippen MR) is 81.9 cm³/mol. The van der Waals surface area contributed by atoms with E-state index in [9.17, 15) is 4.79 Å². The molecule has 1 aromatic heterocycles. The van der Waals surface area contributed by atoms with Crippen molar-refractivity contribution in [2.24, 2.45) is 5.84 Å². The summed E-state index contributed by atoms with van der Waals surface area (Å²) < 4.78 is 0. The maximum Gasteiger partial charge on any atom is 0.257 e. The third-order valence-corrected chi connectivity index (χ3v) is 4.55. The van der Waals surface area contributed by atoms with E-state index in [4.69, 9.17) is 5.84 Å². The molecule has 1 aromatic rings. The Morgan fingerprint density at radius 3 is 3.05 bits per heavy atom. The largest absolute Gasteiger partial charge is 0.336 e. The van der Waals surface area contributed by atoms with Crippen LogP contribution >= 0.6 is 0 Å². The lowest BCUT2D eigenvalue weighted by Crippen LogP contribution is -2.56. The van der Waals surface area contributed by atoms with E-state index in [1.807, 2.05) is 17.9 Å². The average Bonchev–Trinajstić information content (AvgIpc) is 2.53. The Morgan fingerprint density at radius 2 is 2.24 bits per heavy atom. The summed E-state index contributed by atoms with van der Waals surface area (Å²) in [6.07, 6.45) is 5.37. The van der Waals surface area contributed by atoms with E-state index in [1.54, 1.807) is 6.20 Å². The van der Waals surface area contributed by atoms with E-state index in [0.29, 0.717) is 17.3 Å². The summed E-state index contributed by atoms with van der Waals surface area (Å²) in [5.74, 6) is 5.56. The highest BCUT2D eigenvalue weighted by atomic mass is 16.2. The molecular weight excluding hydrogens is 266 g/mol. The van der Waals surface area contributed by atoms with Crippen LogP contribution in [0.5, 0.6) is 0 Å². The number of carbonyl (C=O) groups excluding carboxylic acids is 1. The maximum atomic E-state index is 12.7. The van der Waals surface area contributed by atoms with Gasteiger partial charge < -0.3 is 10.3 Å². The minimum atomic E-state index is 0.0284. The van der Waals surface area contributed by atoms with Gasteiger partial charge in [-0.2, -0.15) is 0 Å². The van der Waals surface area contributed by atoms with Gasteiger partial charge in [0.2, 0.25) is 0 Å². The number of aryl methyl sites for hydroxylation is 1. The molecule has 0 saturated carbocycles. The average molecular weight is 289 g/mol. The van der Waals surface area contributed by atoms with Crippen molar-refractivity contribution in [3.63, 3.8) is 0 Å². The number of hydrazine groups is 1. The maximum absolute atomic E-state index is 12.7. The van der Waals surface area contributed by atoms with Gasteiger partial charge in [-0.15, -0.1) is 0 Å². The second-order valence-electron chi connectivity index (χ2n) is 5.95. The molecule has 2 aliphatic rings. The minimum Gasteiger partial charge on any atom is -0.336 e. The van der Waals surface area contributed by atoms with Gasteiger partial charge in [-0.3, -0.25) is 20.5 Å². The summed E-state index contributed by atoms with van der Waals surface area (Å²) in [6.45, 7) is 5.63. The van der Waals surface area contributed by atoms with Crippen LogP contribution < -0.4 is 11.3 Å². The van der Waals surface area contributed by atoms with Crippen LogP contribution in [0.1, 0.15) is 35.3 Å². The number of rotatable bonds is 2. The van der Waals surface area contributed by atoms with Gasteiger partial charge in [-0.25, -0.2) is 0 Å². The molecule has 3 rings (SSSR count). The number of anilines is 1. The van der Waals surface area contributed by atoms with Gasteiger partial charge in [0.25, 0.3) is 5.91 Å². The number of nitrogens with zero attached hydrogens (tertiary/aromatic N) is 3. The van der Waals surface area contributed by atoms with Crippen LogP contribution in [0.4, 0.5) is 5.69 Å². The number of pyridine rings is 1. The van der Waals surface area contributed by atoms with Crippen LogP contribution in [-0.4, -0.2) is 52.9 Å². The monoisotopic (exact) mass is 289 g/mol. The quantitative estimate of drug-likeness (QED) is 0.627. The highest BCUT2D eigenvalue weighted by Gasteiger charge is 2.32. The molecule has 6 nitrogen and oxygen atoms in total. The Hall–Kier alpha value is -1.66. The molecule has 0 aromatic carbocycles. The van der Waals surface area contributed by atoms with Crippen LogP contribution in [0, 0.1) is 6.92 Å². The number of aromatic nitrogens is 1. The Bertz CT molecular complexity index is 533. The van der Waals surface area contributed by atoms with Crippen LogP contribution in [0.25, 0.3) is 0 Å². The zero-order chi connectivity index (χ0) is 14.8. The molecule has 1 amide bonds. The number of nitrogens with two attached hydrogens (primary N) is 1. The van der Waals surface area contributed by atoms with Crippen molar-refractivity contribution in [1.82, 2.24) is 14.8 Å². The van der Waals surface area contributed by atoms with E-state index in [0.717, 1.165) is 25.3 Å². The fraction of sp³-hybridized carbons (Fsp3) is 0.600. The molecule has 21 heavy (non-hydrogen) atoms. The summed E-state index contributed by atoms with van der Waals surface area (Å²) in [5, 5.41) is 0. The fourth-order valence-corrected chi connectivity index (χ4v) is 3.36. The molecule has 2 aliphatic heterocycles. The first kappa shape index (κ1) is 14.3. The first-order valence-electron chi connectivity index (χ1n) is 7.65. The van der Waals surface area contributed by atoms with Gasteiger partial charge in [-0.05, 0) is 32.4 Å². The highest BCUT2D eigenvalue weighted by Crippen LogP contribution is 2.23. The van der Waals surface area contributed by atoms with E-state index in [1.165, 1.54) is 25.8 Å². The van der Waals surface area contributed by atoms with E-state index < -0.39 is 0 Å². The molecule has 0 radical (unpaired) electrons. The summed E-state index contributed by atoms with van der Waals surface area (Å²) >= 11 is 0. The fourth-order valence-electron chi connectivity index (χ4n) is 3.36. The van der Waals surface area contributed by atoms with Crippen molar-refractivity contribution in [1.29, 1.82) is 0 Å². The number of piperidine rings is 1. The van der Waals surface area contributed by atoms with Gasteiger partial charge >= 0.3 is 0 Å². The second-order valence-corrected chi connectivity index (χ2v) is 5.95. The molecule has 1 atom stereocenters. The molecule has 2 fully saturated rings. The Kier molecular flexibility index (Phi) is 4.07. The lowest BCUT2D eigenvalue weighted by atomic mass is 9.99. The molecule has 3 N–H and O–H groups in total. The lowest BCUT2D eigenvalue weighted by molar-refractivity contribution is 0.0373. The Balaban J connectivity index is 1.76. The highest BCUT2D eigenvalue weighted by molar-refractivity contribution is 5.99. The minimum absolute atomic E-state index is 0.0284. The van der Waals surface area contributed by atoms with Crippen molar-refractivity contribution in [3.05, 3.63) is 23.5 Å². The van der Waals surface area contributed by atoms with Crippen molar-refractivity contribution in [2.75, 3.05) is 31.6 Å². The molecule has 1 unspecified atom stereocenters. The molecule has 2 saturated heterocycles. The van der Waals surface area contributed by atoms with Crippen molar-refractivity contribution in [2.45, 2.75) is 32.2 Å². The van der Waals surface area contributed by atoms with Crippen molar-refractivity contribution < 1.29 is 4.79 Å². The van der Waals surface area contributed by atoms with Crippen LogP contribution in [-0.2, 0) is 0 Å². The number of nitrogen functional groups attached to an aromatic ring is 1. The molecule has 114 valence electrons. The number of amides is 1. The molecule has 6 heteroatoms. The molecule has 0 aliphatic carbocycles.